The van der Waals surface area contributed by atoms with Crippen LogP contribution in [-0.2, 0) is 9.53 Å². The van der Waals surface area contributed by atoms with E-state index in [1.165, 1.54) is 0 Å². The lowest BCUT2D eigenvalue weighted by Crippen LogP contribution is -2.51. The van der Waals surface area contributed by atoms with Crippen molar-refractivity contribution in [2.45, 2.75) is 32.6 Å². The number of hydrogen-bond donors (Lipinski definition) is 1. The average molecular weight is 297 g/mol. The third kappa shape index (κ3) is 4.59. The number of likely N-dealkylation sites (tertiary alicyclic amines) is 1. The molecular formula is C15H27N3O3. The van der Waals surface area contributed by atoms with Crippen molar-refractivity contribution in [3.63, 3.8) is 0 Å². The van der Waals surface area contributed by atoms with Gasteiger partial charge in [-0.3, -0.25) is 4.79 Å². The number of unbranched alkanes of at least 4 members (excludes halogenated alkanes) is 1. The van der Waals surface area contributed by atoms with Gasteiger partial charge in [-0.25, -0.2) is 4.79 Å². The smallest absolute Gasteiger partial charge is 0.317 e. The predicted molar refractivity (Wildman–Crippen MR) is 80.0 cm³/mol. The van der Waals surface area contributed by atoms with Gasteiger partial charge in [0.2, 0.25) is 5.91 Å². The summed E-state index contributed by atoms with van der Waals surface area (Å²) in [6.07, 6.45) is 3.85. The van der Waals surface area contributed by atoms with Gasteiger partial charge in [-0.15, -0.1) is 0 Å². The minimum Gasteiger partial charge on any atom is -0.378 e. The molecule has 0 aromatic carbocycles. The molecule has 0 spiro atoms. The zero-order chi connectivity index (χ0) is 15.1. The maximum Gasteiger partial charge on any atom is 0.317 e. The van der Waals surface area contributed by atoms with Gasteiger partial charge < -0.3 is 19.9 Å². The molecule has 1 N–H and O–H groups in total. The zero-order valence-corrected chi connectivity index (χ0v) is 13.0. The van der Waals surface area contributed by atoms with Gasteiger partial charge in [0.05, 0.1) is 19.1 Å². The number of urea groups is 1. The molecule has 0 saturated carbocycles. The lowest BCUT2D eigenvalue weighted by molar-refractivity contribution is -0.141. The van der Waals surface area contributed by atoms with E-state index >= 15 is 0 Å². The van der Waals surface area contributed by atoms with E-state index in [-0.39, 0.29) is 17.9 Å². The summed E-state index contributed by atoms with van der Waals surface area (Å²) in [7, 11) is 0. The van der Waals surface area contributed by atoms with Gasteiger partial charge in [-0.05, 0) is 19.3 Å². The third-order valence-corrected chi connectivity index (χ3v) is 4.19. The Morgan fingerprint density at radius 2 is 1.95 bits per heavy atom. The van der Waals surface area contributed by atoms with Crippen molar-refractivity contribution >= 4 is 11.9 Å². The molecule has 6 nitrogen and oxygen atoms in total. The summed E-state index contributed by atoms with van der Waals surface area (Å²) in [5.41, 5.74) is 0. The van der Waals surface area contributed by atoms with E-state index < -0.39 is 0 Å². The van der Waals surface area contributed by atoms with E-state index in [0.29, 0.717) is 39.4 Å². The molecule has 2 rings (SSSR count). The Hall–Kier alpha value is -1.30. The second kappa shape index (κ2) is 8.22. The van der Waals surface area contributed by atoms with Gasteiger partial charge >= 0.3 is 6.03 Å². The molecule has 2 aliphatic rings. The topological polar surface area (TPSA) is 61.9 Å². The Kier molecular flexibility index (Phi) is 6.29. The van der Waals surface area contributed by atoms with Crippen molar-refractivity contribution in [3.05, 3.63) is 0 Å². The largest absolute Gasteiger partial charge is 0.378 e. The highest BCUT2D eigenvalue weighted by molar-refractivity contribution is 5.81. The number of nitrogens with one attached hydrogen (secondary N) is 1. The van der Waals surface area contributed by atoms with E-state index in [4.69, 9.17) is 4.74 Å². The molecule has 2 saturated heterocycles. The molecule has 0 bridgehead atoms. The third-order valence-electron chi connectivity index (χ3n) is 4.19. The first-order chi connectivity index (χ1) is 10.2. The number of carbonyl (C=O) groups excluding carboxylic acids is 2. The summed E-state index contributed by atoms with van der Waals surface area (Å²) in [6.45, 7) is 6.73. The Morgan fingerprint density at radius 3 is 2.67 bits per heavy atom. The van der Waals surface area contributed by atoms with Crippen LogP contribution in [0.15, 0.2) is 0 Å². The quantitative estimate of drug-likeness (QED) is 0.790. The number of carbonyl (C=O) groups is 2. The normalized spacial score (nSPS) is 23.0. The maximum absolute atomic E-state index is 12.5. The Morgan fingerprint density at radius 1 is 1.19 bits per heavy atom. The van der Waals surface area contributed by atoms with Crippen molar-refractivity contribution in [2.24, 2.45) is 5.92 Å². The second-order valence-electron chi connectivity index (χ2n) is 5.81. The van der Waals surface area contributed by atoms with Gasteiger partial charge in [-0.2, -0.15) is 0 Å². The van der Waals surface area contributed by atoms with Crippen LogP contribution >= 0.6 is 0 Å². The number of piperidine rings is 1. The van der Waals surface area contributed by atoms with Gasteiger partial charge in [0.15, 0.2) is 0 Å². The first-order valence-corrected chi connectivity index (χ1v) is 8.11. The summed E-state index contributed by atoms with van der Waals surface area (Å²) in [5.74, 6) is 0.137. The first-order valence-electron chi connectivity index (χ1n) is 8.11. The number of amides is 3. The van der Waals surface area contributed by atoms with Crippen molar-refractivity contribution in [1.82, 2.24) is 15.1 Å². The van der Waals surface area contributed by atoms with Crippen LogP contribution in [0.4, 0.5) is 4.79 Å². The van der Waals surface area contributed by atoms with Crippen molar-refractivity contribution in [1.29, 1.82) is 0 Å². The molecule has 2 aliphatic heterocycles. The summed E-state index contributed by atoms with van der Waals surface area (Å²) in [6, 6.07) is -0.0251. The summed E-state index contributed by atoms with van der Waals surface area (Å²) in [4.78, 5) is 28.3. The van der Waals surface area contributed by atoms with E-state index in [1.54, 1.807) is 4.90 Å². The van der Waals surface area contributed by atoms with Crippen LogP contribution in [0.5, 0.6) is 0 Å². The molecule has 6 heteroatoms. The maximum atomic E-state index is 12.5. The highest BCUT2D eigenvalue weighted by Crippen LogP contribution is 2.19. The van der Waals surface area contributed by atoms with Gasteiger partial charge in [-0.1, -0.05) is 13.3 Å². The van der Waals surface area contributed by atoms with Crippen molar-refractivity contribution in [3.8, 4) is 0 Å². The van der Waals surface area contributed by atoms with Crippen LogP contribution < -0.4 is 5.32 Å². The van der Waals surface area contributed by atoms with Crippen LogP contribution in [0.2, 0.25) is 0 Å². The number of nitrogens with zero attached hydrogens (tertiary/aromatic N) is 2. The predicted octanol–water partition coefficient (Wildman–Crippen LogP) is 1.07. The SMILES string of the molecule is CCCCNC(=O)N1CCCC(C(=O)N2CCOCC2)C1. The van der Waals surface area contributed by atoms with Gasteiger partial charge in [0.25, 0.3) is 0 Å². The van der Waals surface area contributed by atoms with Crippen molar-refractivity contribution in [2.75, 3.05) is 45.9 Å². The molecule has 21 heavy (non-hydrogen) atoms. The highest BCUT2D eigenvalue weighted by atomic mass is 16.5. The van der Waals surface area contributed by atoms with Crippen LogP contribution in [0, 0.1) is 5.92 Å². The lowest BCUT2D eigenvalue weighted by atomic mass is 9.96. The van der Waals surface area contributed by atoms with Gasteiger partial charge in [0.1, 0.15) is 0 Å². The zero-order valence-electron chi connectivity index (χ0n) is 13.0. The molecule has 1 unspecified atom stereocenters. The van der Waals surface area contributed by atoms with E-state index in [0.717, 1.165) is 32.2 Å². The molecule has 0 aliphatic carbocycles. The number of hydrogen-bond acceptors (Lipinski definition) is 3. The molecular weight excluding hydrogens is 270 g/mol. The lowest BCUT2D eigenvalue weighted by Gasteiger charge is -2.36. The Balaban J connectivity index is 1.81. The van der Waals surface area contributed by atoms with Crippen LogP contribution in [0.3, 0.4) is 0 Å². The highest BCUT2D eigenvalue weighted by Gasteiger charge is 2.31. The standard InChI is InChI=1S/C15H27N3O3/c1-2-3-6-16-15(20)18-7-4-5-13(12-18)14(19)17-8-10-21-11-9-17/h13H,2-12H2,1H3,(H,16,20). The van der Waals surface area contributed by atoms with E-state index in [1.807, 2.05) is 4.90 Å². The molecule has 2 heterocycles. The fraction of sp³-hybridized carbons (Fsp3) is 0.867. The number of morpholine rings is 1. The monoisotopic (exact) mass is 297 g/mol. The molecule has 3 amide bonds. The van der Waals surface area contributed by atoms with Crippen molar-refractivity contribution < 1.29 is 14.3 Å². The molecule has 1 atom stereocenters. The summed E-state index contributed by atoms with van der Waals surface area (Å²) in [5, 5.41) is 2.93. The van der Waals surface area contributed by atoms with Crippen LogP contribution in [0.1, 0.15) is 32.6 Å². The summed E-state index contributed by atoms with van der Waals surface area (Å²) >= 11 is 0. The molecule has 2 fully saturated rings. The molecule has 0 aromatic rings. The second-order valence-corrected chi connectivity index (χ2v) is 5.81. The Labute approximate surface area is 126 Å². The van der Waals surface area contributed by atoms with Gasteiger partial charge in [0, 0.05) is 32.7 Å². The van der Waals surface area contributed by atoms with Crippen LogP contribution in [0.25, 0.3) is 0 Å². The number of ether oxygens (including phenoxy) is 1. The minimum atomic E-state index is -0.0474. The number of rotatable bonds is 4. The summed E-state index contributed by atoms with van der Waals surface area (Å²) < 4.78 is 5.28. The molecule has 120 valence electrons. The Bertz CT molecular complexity index is 356. The molecule has 0 radical (unpaired) electrons. The fourth-order valence-electron chi connectivity index (χ4n) is 2.89. The fourth-order valence-corrected chi connectivity index (χ4v) is 2.89. The van der Waals surface area contributed by atoms with E-state index in [2.05, 4.69) is 12.2 Å². The van der Waals surface area contributed by atoms with Crippen LogP contribution in [-0.4, -0.2) is 67.7 Å². The minimum absolute atomic E-state index is 0.0251. The molecule has 0 aromatic heterocycles. The average Bonchev–Trinajstić information content (AvgIpc) is 2.55. The first kappa shape index (κ1) is 16.1. The van der Waals surface area contributed by atoms with E-state index in [9.17, 15) is 9.59 Å².